The largest absolute Gasteiger partial charge is 0.254 e. The SMILES string of the molecule is Cc1ccc(-c2ccc(C)c(C#CC#CC#C[Si](C)(C)C)n2)nc1. The van der Waals surface area contributed by atoms with E-state index in [1.54, 1.807) is 0 Å². The summed E-state index contributed by atoms with van der Waals surface area (Å²) in [4.78, 5) is 9.01. The predicted molar refractivity (Wildman–Crippen MR) is 103 cm³/mol. The molecule has 0 unspecified atom stereocenters. The van der Waals surface area contributed by atoms with E-state index in [0.29, 0.717) is 0 Å². The van der Waals surface area contributed by atoms with Crippen LogP contribution >= 0.6 is 0 Å². The molecule has 0 saturated carbocycles. The summed E-state index contributed by atoms with van der Waals surface area (Å²) in [5, 5.41) is 0. The van der Waals surface area contributed by atoms with Crippen LogP contribution in [0.15, 0.2) is 30.5 Å². The Morgan fingerprint density at radius 2 is 1.54 bits per heavy atom. The van der Waals surface area contributed by atoms with E-state index in [1.807, 2.05) is 44.3 Å². The zero-order valence-electron chi connectivity index (χ0n) is 14.8. The lowest BCUT2D eigenvalue weighted by atomic mass is 10.1. The van der Waals surface area contributed by atoms with E-state index in [4.69, 9.17) is 0 Å². The molecular formula is C21H20N2Si. The Morgan fingerprint density at radius 1 is 0.833 bits per heavy atom. The molecule has 0 fully saturated rings. The Kier molecular flexibility index (Phi) is 5.59. The van der Waals surface area contributed by atoms with Gasteiger partial charge in [-0.2, -0.15) is 0 Å². The van der Waals surface area contributed by atoms with Crippen LogP contribution in [0.4, 0.5) is 0 Å². The van der Waals surface area contributed by atoms with Crippen molar-refractivity contribution in [3.8, 4) is 46.5 Å². The molecule has 0 N–H and O–H groups in total. The number of rotatable bonds is 1. The second-order valence-corrected chi connectivity index (χ2v) is 11.3. The molecule has 0 radical (unpaired) electrons. The molecule has 0 aliphatic carbocycles. The average Bonchev–Trinajstić information content (AvgIpc) is 2.52. The standard InChI is InChI=1S/C21H20N2Si/c1-17-11-13-20(22-16-17)21-14-12-18(2)19(23-21)10-8-6-7-9-15-24(3,4)5/h11-14,16H,1-5H3. The van der Waals surface area contributed by atoms with Gasteiger partial charge in [-0.15, -0.1) is 5.54 Å². The number of nitrogens with zero attached hydrogens (tertiary/aromatic N) is 2. The molecule has 2 nitrogen and oxygen atoms in total. The number of aryl methyl sites for hydroxylation is 2. The van der Waals surface area contributed by atoms with Gasteiger partial charge in [0.25, 0.3) is 0 Å². The van der Waals surface area contributed by atoms with Crippen molar-refractivity contribution in [2.24, 2.45) is 0 Å². The van der Waals surface area contributed by atoms with Crippen LogP contribution in [0.2, 0.25) is 19.6 Å². The fraction of sp³-hybridized carbons (Fsp3) is 0.238. The second-order valence-electron chi connectivity index (χ2n) is 6.58. The fourth-order valence-electron chi connectivity index (χ4n) is 1.79. The number of aromatic nitrogens is 2. The van der Waals surface area contributed by atoms with Crippen LogP contribution in [0.3, 0.4) is 0 Å². The summed E-state index contributed by atoms with van der Waals surface area (Å²) in [6.45, 7) is 10.6. The van der Waals surface area contributed by atoms with Crippen molar-refractivity contribution in [1.29, 1.82) is 0 Å². The lowest BCUT2D eigenvalue weighted by Gasteiger charge is -2.03. The van der Waals surface area contributed by atoms with Gasteiger partial charge in [-0.3, -0.25) is 4.98 Å². The van der Waals surface area contributed by atoms with Gasteiger partial charge in [-0.1, -0.05) is 31.8 Å². The van der Waals surface area contributed by atoms with Gasteiger partial charge in [0.2, 0.25) is 0 Å². The Morgan fingerprint density at radius 3 is 2.21 bits per heavy atom. The first kappa shape index (κ1) is 17.5. The lowest BCUT2D eigenvalue weighted by molar-refractivity contribution is 1.19. The highest BCUT2D eigenvalue weighted by Gasteiger charge is 2.06. The zero-order chi connectivity index (χ0) is 17.6. The number of hydrogen-bond acceptors (Lipinski definition) is 2. The van der Waals surface area contributed by atoms with Crippen molar-refractivity contribution < 1.29 is 0 Å². The first-order chi connectivity index (χ1) is 11.3. The minimum atomic E-state index is -1.37. The van der Waals surface area contributed by atoms with E-state index in [2.05, 4.69) is 64.8 Å². The van der Waals surface area contributed by atoms with Crippen LogP contribution in [-0.2, 0) is 0 Å². The first-order valence-corrected chi connectivity index (χ1v) is 11.3. The van der Waals surface area contributed by atoms with Gasteiger partial charge < -0.3 is 0 Å². The third kappa shape index (κ3) is 5.44. The maximum Gasteiger partial charge on any atom is 0.130 e. The highest BCUT2D eigenvalue weighted by atomic mass is 28.3. The Balaban J connectivity index is 2.24. The monoisotopic (exact) mass is 328 g/mol. The molecule has 2 aromatic heterocycles. The van der Waals surface area contributed by atoms with Crippen LogP contribution in [0.1, 0.15) is 16.8 Å². The van der Waals surface area contributed by atoms with E-state index in [-0.39, 0.29) is 0 Å². The molecule has 0 aliphatic heterocycles. The summed E-state index contributed by atoms with van der Waals surface area (Å²) < 4.78 is 0. The van der Waals surface area contributed by atoms with Crippen LogP contribution < -0.4 is 0 Å². The number of hydrogen-bond donors (Lipinski definition) is 0. The van der Waals surface area contributed by atoms with Gasteiger partial charge in [0.15, 0.2) is 0 Å². The molecule has 0 aromatic carbocycles. The third-order valence-corrected chi connectivity index (χ3v) is 3.95. The fourth-order valence-corrected chi connectivity index (χ4v) is 2.23. The van der Waals surface area contributed by atoms with Gasteiger partial charge in [0, 0.05) is 6.20 Å². The molecule has 118 valence electrons. The molecule has 2 heterocycles. The Hall–Kier alpha value is -2.80. The minimum absolute atomic E-state index is 0.724. The summed E-state index contributed by atoms with van der Waals surface area (Å²) in [5.41, 5.74) is 7.72. The van der Waals surface area contributed by atoms with E-state index in [0.717, 1.165) is 28.2 Å². The van der Waals surface area contributed by atoms with Crippen LogP contribution in [0.25, 0.3) is 11.4 Å². The molecule has 0 atom stereocenters. The molecule has 3 heteroatoms. The molecular weight excluding hydrogens is 308 g/mol. The maximum absolute atomic E-state index is 4.60. The number of pyridine rings is 2. The van der Waals surface area contributed by atoms with E-state index in [9.17, 15) is 0 Å². The van der Waals surface area contributed by atoms with Crippen molar-refractivity contribution in [3.63, 3.8) is 0 Å². The minimum Gasteiger partial charge on any atom is -0.254 e. The smallest absolute Gasteiger partial charge is 0.130 e. The van der Waals surface area contributed by atoms with Crippen molar-refractivity contribution in [2.45, 2.75) is 33.5 Å². The van der Waals surface area contributed by atoms with Crippen LogP contribution in [0, 0.1) is 49.0 Å². The summed E-state index contributed by atoms with van der Waals surface area (Å²) in [6.07, 6.45) is 1.84. The first-order valence-electron chi connectivity index (χ1n) is 7.79. The highest BCUT2D eigenvalue weighted by Crippen LogP contribution is 2.16. The summed E-state index contributed by atoms with van der Waals surface area (Å²) in [7, 11) is -1.37. The molecule has 24 heavy (non-hydrogen) atoms. The van der Waals surface area contributed by atoms with Gasteiger partial charge in [0.1, 0.15) is 13.8 Å². The zero-order valence-corrected chi connectivity index (χ0v) is 15.8. The quantitative estimate of drug-likeness (QED) is 0.584. The lowest BCUT2D eigenvalue weighted by Crippen LogP contribution is -2.16. The van der Waals surface area contributed by atoms with Crippen molar-refractivity contribution in [1.82, 2.24) is 9.97 Å². The Labute approximate surface area is 145 Å². The van der Waals surface area contributed by atoms with Gasteiger partial charge in [-0.25, -0.2) is 4.98 Å². The maximum atomic E-state index is 4.60. The predicted octanol–water partition coefficient (Wildman–Crippen LogP) is 4.00. The third-order valence-electron chi connectivity index (χ3n) is 3.08. The molecule has 0 bridgehead atoms. The molecule has 0 saturated heterocycles. The van der Waals surface area contributed by atoms with Crippen molar-refractivity contribution >= 4 is 8.07 Å². The van der Waals surface area contributed by atoms with E-state index < -0.39 is 8.07 Å². The molecule has 2 aromatic rings. The van der Waals surface area contributed by atoms with Crippen LogP contribution in [0.5, 0.6) is 0 Å². The summed E-state index contributed by atoms with van der Waals surface area (Å²) >= 11 is 0. The molecule has 0 spiro atoms. The van der Waals surface area contributed by atoms with Crippen LogP contribution in [-0.4, -0.2) is 18.0 Å². The van der Waals surface area contributed by atoms with E-state index in [1.165, 1.54) is 0 Å². The van der Waals surface area contributed by atoms with Gasteiger partial charge in [-0.05, 0) is 66.7 Å². The van der Waals surface area contributed by atoms with Crippen molar-refractivity contribution in [2.75, 3.05) is 0 Å². The molecule has 0 aliphatic rings. The second kappa shape index (κ2) is 7.65. The average molecular weight is 328 g/mol. The van der Waals surface area contributed by atoms with Gasteiger partial charge in [0.05, 0.1) is 11.4 Å². The van der Waals surface area contributed by atoms with E-state index >= 15 is 0 Å². The molecule has 0 amide bonds. The van der Waals surface area contributed by atoms with Gasteiger partial charge >= 0.3 is 0 Å². The Bertz CT molecular complexity index is 916. The summed E-state index contributed by atoms with van der Waals surface area (Å²) in [5.74, 6) is 14.3. The highest BCUT2D eigenvalue weighted by molar-refractivity contribution is 6.83. The summed E-state index contributed by atoms with van der Waals surface area (Å²) in [6, 6.07) is 7.96. The topological polar surface area (TPSA) is 25.8 Å². The normalized spacial score (nSPS) is 9.71. The molecule has 2 rings (SSSR count). The van der Waals surface area contributed by atoms with Crippen molar-refractivity contribution in [3.05, 3.63) is 47.3 Å².